The molecule has 1 unspecified atom stereocenters. The number of rotatable bonds is 4. The Bertz CT molecular complexity index is 839. The maximum absolute atomic E-state index is 14.4. The average Bonchev–Trinajstić information content (AvgIpc) is 2.90. The molecule has 3 N–H and O–H groups in total. The summed E-state index contributed by atoms with van der Waals surface area (Å²) in [7, 11) is 2.11. The van der Waals surface area contributed by atoms with Crippen LogP contribution in [0.15, 0.2) is 30.9 Å². The highest BCUT2D eigenvalue weighted by Gasteiger charge is 2.57. The summed E-state index contributed by atoms with van der Waals surface area (Å²) in [6.45, 7) is 9.97. The molecule has 0 aromatic heterocycles. The van der Waals surface area contributed by atoms with Crippen LogP contribution in [-0.2, 0) is 21.6 Å². The normalized spacial score (nSPS) is 23.5. The van der Waals surface area contributed by atoms with Gasteiger partial charge in [-0.25, -0.2) is 14.0 Å². The molecule has 0 bridgehead atoms. The van der Waals surface area contributed by atoms with E-state index in [0.717, 1.165) is 37.1 Å². The van der Waals surface area contributed by atoms with E-state index < -0.39 is 17.5 Å². The van der Waals surface area contributed by atoms with Gasteiger partial charge in [0.15, 0.2) is 0 Å². The second-order valence-corrected chi connectivity index (χ2v) is 8.61. The third-order valence-electron chi connectivity index (χ3n) is 6.22. The van der Waals surface area contributed by atoms with Crippen molar-refractivity contribution in [2.24, 2.45) is 11.3 Å². The van der Waals surface area contributed by atoms with Crippen molar-refractivity contribution in [3.8, 4) is 0 Å². The van der Waals surface area contributed by atoms with Crippen LogP contribution in [0.3, 0.4) is 0 Å². The maximum Gasteiger partial charge on any atom is 0.328 e. The lowest BCUT2D eigenvalue weighted by atomic mass is 9.65. The fraction of sp³-hybridized carbons (Fsp3) is 0.478. The SMILES string of the molecule is C=Cc1ccc(F)c2c1C(O)(C1CCN(C)CC1)C(C)(C)C2.O=C(O)C=CC(=O)O. The summed E-state index contributed by atoms with van der Waals surface area (Å²) in [6.07, 6.45) is 5.34. The van der Waals surface area contributed by atoms with E-state index in [-0.39, 0.29) is 17.2 Å². The van der Waals surface area contributed by atoms with E-state index in [1.54, 1.807) is 12.1 Å². The highest BCUT2D eigenvalue weighted by molar-refractivity contribution is 5.89. The number of hydrogen-bond donors (Lipinski definition) is 3. The van der Waals surface area contributed by atoms with Crippen LogP contribution >= 0.6 is 0 Å². The van der Waals surface area contributed by atoms with E-state index in [4.69, 9.17) is 10.2 Å². The van der Waals surface area contributed by atoms with Crippen LogP contribution in [0.5, 0.6) is 0 Å². The Kier molecular flexibility index (Phi) is 7.21. The molecule has 1 aromatic carbocycles. The lowest BCUT2D eigenvalue weighted by molar-refractivity contribution is -0.134. The molecule has 1 aliphatic carbocycles. The summed E-state index contributed by atoms with van der Waals surface area (Å²) in [4.78, 5) is 21.4. The predicted octanol–water partition coefficient (Wildman–Crippen LogP) is 3.29. The number of aliphatic hydroxyl groups is 1. The van der Waals surface area contributed by atoms with Gasteiger partial charge in [-0.1, -0.05) is 32.6 Å². The Balaban J connectivity index is 0.000000343. The molecule has 7 heteroatoms. The number of carbonyl (C=O) groups is 2. The van der Waals surface area contributed by atoms with Gasteiger partial charge in [0, 0.05) is 17.6 Å². The van der Waals surface area contributed by atoms with Crippen LogP contribution in [0.4, 0.5) is 4.39 Å². The molecule has 1 heterocycles. The largest absolute Gasteiger partial charge is 0.478 e. The minimum atomic E-state index is -1.26. The van der Waals surface area contributed by atoms with E-state index >= 15 is 0 Å². The Morgan fingerprint density at radius 1 is 1.17 bits per heavy atom. The Morgan fingerprint density at radius 2 is 1.70 bits per heavy atom. The molecular formula is C23H30FNO5. The molecule has 30 heavy (non-hydrogen) atoms. The molecule has 0 amide bonds. The monoisotopic (exact) mass is 419 g/mol. The number of likely N-dealkylation sites (tertiary alicyclic amines) is 1. The summed E-state index contributed by atoms with van der Waals surface area (Å²) in [5.74, 6) is -2.54. The molecule has 6 nitrogen and oxygen atoms in total. The summed E-state index contributed by atoms with van der Waals surface area (Å²) in [5, 5.41) is 27.4. The van der Waals surface area contributed by atoms with Gasteiger partial charge in [0.2, 0.25) is 0 Å². The second kappa shape index (κ2) is 9.10. The lowest BCUT2D eigenvalue weighted by Gasteiger charge is -2.47. The number of benzene rings is 1. The number of hydrogen-bond acceptors (Lipinski definition) is 4. The van der Waals surface area contributed by atoms with Crippen LogP contribution in [-0.4, -0.2) is 52.3 Å². The summed E-state index contributed by atoms with van der Waals surface area (Å²) < 4.78 is 14.4. The van der Waals surface area contributed by atoms with Gasteiger partial charge >= 0.3 is 11.9 Å². The van der Waals surface area contributed by atoms with E-state index in [9.17, 15) is 19.1 Å². The van der Waals surface area contributed by atoms with Crippen LogP contribution < -0.4 is 0 Å². The topological polar surface area (TPSA) is 98.1 Å². The molecule has 0 radical (unpaired) electrons. The zero-order chi connectivity index (χ0) is 22.7. The lowest BCUT2D eigenvalue weighted by Crippen LogP contribution is -2.49. The number of halogens is 1. The van der Waals surface area contributed by atoms with E-state index in [2.05, 4.69) is 32.4 Å². The molecule has 1 fully saturated rings. The summed E-state index contributed by atoms with van der Waals surface area (Å²) >= 11 is 0. The van der Waals surface area contributed by atoms with Gasteiger partial charge < -0.3 is 20.2 Å². The smallest absolute Gasteiger partial charge is 0.328 e. The first-order valence-electron chi connectivity index (χ1n) is 9.93. The third-order valence-corrected chi connectivity index (χ3v) is 6.22. The van der Waals surface area contributed by atoms with Crippen molar-refractivity contribution in [3.63, 3.8) is 0 Å². The Labute approximate surface area is 176 Å². The number of carboxylic acids is 2. The molecule has 0 saturated carbocycles. The van der Waals surface area contributed by atoms with E-state index in [0.29, 0.717) is 24.1 Å². The van der Waals surface area contributed by atoms with Crippen LogP contribution in [0.2, 0.25) is 0 Å². The van der Waals surface area contributed by atoms with Gasteiger partial charge in [-0.05, 0) is 68.1 Å². The number of aliphatic carboxylic acids is 2. The Morgan fingerprint density at radius 3 is 2.17 bits per heavy atom. The quantitative estimate of drug-likeness (QED) is 0.648. The van der Waals surface area contributed by atoms with Crippen molar-refractivity contribution in [1.29, 1.82) is 0 Å². The molecule has 1 aromatic rings. The van der Waals surface area contributed by atoms with Crippen LogP contribution in [0.25, 0.3) is 6.08 Å². The predicted molar refractivity (Wildman–Crippen MR) is 113 cm³/mol. The highest BCUT2D eigenvalue weighted by atomic mass is 19.1. The molecule has 1 aliphatic heterocycles. The van der Waals surface area contributed by atoms with Gasteiger partial charge in [0.1, 0.15) is 5.82 Å². The molecule has 164 valence electrons. The van der Waals surface area contributed by atoms with Crippen LogP contribution in [0.1, 0.15) is 43.4 Å². The average molecular weight is 419 g/mol. The molecule has 1 saturated heterocycles. The van der Waals surface area contributed by atoms with Gasteiger partial charge in [-0.2, -0.15) is 0 Å². The summed E-state index contributed by atoms with van der Waals surface area (Å²) in [5.41, 5.74) is 1.01. The van der Waals surface area contributed by atoms with Crippen LogP contribution in [0, 0.1) is 17.2 Å². The van der Waals surface area contributed by atoms with Crippen molar-refractivity contribution >= 4 is 18.0 Å². The zero-order valence-electron chi connectivity index (χ0n) is 17.7. The molecule has 0 spiro atoms. The second-order valence-electron chi connectivity index (χ2n) is 8.61. The van der Waals surface area contributed by atoms with Gasteiger partial charge in [-0.3, -0.25) is 0 Å². The first-order valence-corrected chi connectivity index (χ1v) is 9.93. The number of carboxylic acid groups (broad SMARTS) is 2. The van der Waals surface area contributed by atoms with Crippen molar-refractivity contribution in [1.82, 2.24) is 4.90 Å². The van der Waals surface area contributed by atoms with Crippen molar-refractivity contribution in [2.45, 2.75) is 38.7 Å². The number of nitrogens with zero attached hydrogens (tertiary/aromatic N) is 1. The zero-order valence-corrected chi connectivity index (χ0v) is 17.7. The fourth-order valence-corrected chi connectivity index (χ4v) is 4.67. The fourth-order valence-electron chi connectivity index (χ4n) is 4.67. The van der Waals surface area contributed by atoms with Gasteiger partial charge in [0.05, 0.1) is 5.60 Å². The number of piperidine rings is 1. The first-order chi connectivity index (χ1) is 13.9. The highest BCUT2D eigenvalue weighted by Crippen LogP contribution is 2.57. The Hall–Kier alpha value is -2.51. The summed E-state index contributed by atoms with van der Waals surface area (Å²) in [6, 6.07) is 3.26. The minimum Gasteiger partial charge on any atom is -0.478 e. The third kappa shape index (κ3) is 4.63. The molecule has 2 aliphatic rings. The minimum absolute atomic E-state index is 0.167. The molecular weight excluding hydrogens is 389 g/mol. The standard InChI is InChI=1S/C19H26FNO.C4H4O4/c1-5-13-6-7-16(20)15-12-18(2,3)19(22,17(13)15)14-8-10-21(4)11-9-14;5-3(6)1-2-4(7)8/h5-7,14,22H,1,8-12H2,2-4H3;1-2H,(H,5,6)(H,7,8). The van der Waals surface area contributed by atoms with Gasteiger partial charge in [-0.15, -0.1) is 0 Å². The van der Waals surface area contributed by atoms with Crippen molar-refractivity contribution in [3.05, 3.63) is 53.4 Å². The molecule has 1 atom stereocenters. The van der Waals surface area contributed by atoms with E-state index in [1.165, 1.54) is 6.07 Å². The van der Waals surface area contributed by atoms with Gasteiger partial charge in [0.25, 0.3) is 0 Å². The molecule has 3 rings (SSSR count). The van der Waals surface area contributed by atoms with E-state index in [1.807, 2.05) is 0 Å². The van der Waals surface area contributed by atoms with Crippen molar-refractivity contribution < 1.29 is 29.3 Å². The maximum atomic E-state index is 14.4. The number of fused-ring (bicyclic) bond motifs is 1. The van der Waals surface area contributed by atoms with Crippen molar-refractivity contribution in [2.75, 3.05) is 20.1 Å². The first kappa shape index (κ1) is 23.8.